The van der Waals surface area contributed by atoms with Crippen molar-refractivity contribution in [3.63, 3.8) is 0 Å². The average molecular weight is 465 g/mol. The summed E-state index contributed by atoms with van der Waals surface area (Å²) in [5, 5.41) is 14.6. The number of benzene rings is 2. The maximum Gasteiger partial charge on any atom is 0.407 e. The highest BCUT2D eigenvalue weighted by molar-refractivity contribution is 5.82. The molecule has 2 aromatic carbocycles. The van der Waals surface area contributed by atoms with Gasteiger partial charge in [0.15, 0.2) is 0 Å². The molecular weight excluding hydrogens is 436 g/mol. The van der Waals surface area contributed by atoms with E-state index >= 15 is 0 Å². The largest absolute Gasteiger partial charge is 0.481 e. The predicted octanol–water partition coefficient (Wildman–Crippen LogP) is 2.77. The van der Waals surface area contributed by atoms with E-state index in [0.717, 1.165) is 11.1 Å². The van der Waals surface area contributed by atoms with Crippen molar-refractivity contribution in [3.05, 3.63) is 59.7 Å². The molecule has 1 heterocycles. The monoisotopic (exact) mass is 464 g/mol. The van der Waals surface area contributed by atoms with E-state index < -0.39 is 18.2 Å². The molecule has 5 rings (SSSR count). The molecule has 0 bridgehead atoms. The highest BCUT2D eigenvalue weighted by Gasteiger charge is 2.44. The maximum absolute atomic E-state index is 12.5. The van der Waals surface area contributed by atoms with Gasteiger partial charge in [-0.2, -0.15) is 0 Å². The van der Waals surface area contributed by atoms with Crippen LogP contribution in [0.1, 0.15) is 29.9 Å². The highest BCUT2D eigenvalue weighted by Crippen LogP contribution is 2.44. The summed E-state index contributed by atoms with van der Waals surface area (Å²) in [5.74, 6) is -1.62. The Bertz CT molecular complexity index is 1060. The predicted molar refractivity (Wildman–Crippen MR) is 123 cm³/mol. The van der Waals surface area contributed by atoms with Gasteiger partial charge in [-0.25, -0.2) is 4.79 Å². The quantitative estimate of drug-likeness (QED) is 0.554. The lowest BCUT2D eigenvalue weighted by Gasteiger charge is -2.19. The summed E-state index contributed by atoms with van der Waals surface area (Å²) in [6.45, 7) is 1.28. The first-order chi connectivity index (χ1) is 16.5. The number of carbonyl (C=O) groups excluding carboxylic acids is 2. The van der Waals surface area contributed by atoms with Crippen LogP contribution in [0.4, 0.5) is 4.79 Å². The van der Waals surface area contributed by atoms with Crippen LogP contribution in [-0.4, -0.2) is 55.5 Å². The van der Waals surface area contributed by atoms with E-state index in [0.29, 0.717) is 26.0 Å². The summed E-state index contributed by atoms with van der Waals surface area (Å²) >= 11 is 0. The van der Waals surface area contributed by atoms with E-state index in [1.54, 1.807) is 0 Å². The van der Waals surface area contributed by atoms with Crippen LogP contribution >= 0.6 is 0 Å². The van der Waals surface area contributed by atoms with Crippen molar-refractivity contribution in [3.8, 4) is 11.1 Å². The number of carbonyl (C=O) groups is 3. The zero-order chi connectivity index (χ0) is 23.7. The van der Waals surface area contributed by atoms with Crippen LogP contribution in [-0.2, 0) is 19.1 Å². The lowest BCUT2D eigenvalue weighted by molar-refractivity contribution is -0.139. The fraction of sp³-hybridized carbons (Fsp3) is 0.423. The van der Waals surface area contributed by atoms with Crippen molar-refractivity contribution < 1.29 is 29.0 Å². The van der Waals surface area contributed by atoms with Gasteiger partial charge in [-0.3, -0.25) is 9.59 Å². The Morgan fingerprint density at radius 3 is 2.24 bits per heavy atom. The molecule has 8 heteroatoms. The van der Waals surface area contributed by atoms with Gasteiger partial charge in [-0.15, -0.1) is 0 Å². The minimum Gasteiger partial charge on any atom is -0.481 e. The minimum atomic E-state index is -0.818. The highest BCUT2D eigenvalue weighted by atomic mass is 16.5. The van der Waals surface area contributed by atoms with Crippen molar-refractivity contribution in [1.29, 1.82) is 0 Å². The zero-order valence-electron chi connectivity index (χ0n) is 18.7. The molecule has 1 saturated carbocycles. The molecule has 0 unspecified atom stereocenters. The second kappa shape index (κ2) is 9.46. The van der Waals surface area contributed by atoms with Gasteiger partial charge in [-0.05, 0) is 41.0 Å². The minimum absolute atomic E-state index is 0.0106. The van der Waals surface area contributed by atoms with Crippen molar-refractivity contribution in [2.45, 2.75) is 24.9 Å². The number of fused-ring (bicyclic) bond motifs is 3. The van der Waals surface area contributed by atoms with Crippen molar-refractivity contribution >= 4 is 18.0 Å². The first-order valence-corrected chi connectivity index (χ1v) is 11.7. The summed E-state index contributed by atoms with van der Waals surface area (Å²) in [5.41, 5.74) is 4.64. The maximum atomic E-state index is 12.5. The van der Waals surface area contributed by atoms with E-state index in [4.69, 9.17) is 14.6 Å². The van der Waals surface area contributed by atoms with Crippen LogP contribution in [0.25, 0.3) is 11.1 Å². The standard InChI is InChI=1S/C26H28N2O6/c29-24(27-13-16-11-21(16)25(30)31)23-15(9-10-33-23)12-28-26(32)34-14-22-19-7-3-1-5-17(19)18-6-2-4-8-20(18)22/h1-8,15-16,21-23H,9-14H2,(H,27,29)(H,28,32)(H,30,31)/t15-,16-,21-,23-/m1/s1. The van der Waals surface area contributed by atoms with E-state index in [9.17, 15) is 14.4 Å². The third-order valence-corrected chi connectivity index (χ3v) is 7.10. The molecule has 0 radical (unpaired) electrons. The Kier molecular flexibility index (Phi) is 6.24. The lowest BCUT2D eigenvalue weighted by Crippen LogP contribution is -2.43. The molecule has 0 spiro atoms. The second-order valence-corrected chi connectivity index (χ2v) is 9.23. The molecule has 8 nitrogen and oxygen atoms in total. The Balaban J connectivity index is 1.10. The number of rotatable bonds is 8. The van der Waals surface area contributed by atoms with Gasteiger partial charge in [-0.1, -0.05) is 48.5 Å². The van der Waals surface area contributed by atoms with Crippen LogP contribution < -0.4 is 10.6 Å². The molecule has 1 aliphatic heterocycles. The summed E-state index contributed by atoms with van der Waals surface area (Å²) < 4.78 is 11.2. The first-order valence-electron chi connectivity index (χ1n) is 11.7. The molecule has 3 N–H and O–H groups in total. The normalized spacial score (nSPS) is 24.7. The lowest BCUT2D eigenvalue weighted by atomic mass is 9.98. The zero-order valence-corrected chi connectivity index (χ0v) is 18.7. The SMILES string of the molecule is O=C(NC[C@H]1CCO[C@H]1C(=O)NC[C@H]1C[C@H]1C(=O)O)OCC1c2ccccc2-c2ccccc21. The van der Waals surface area contributed by atoms with Crippen LogP contribution in [0.15, 0.2) is 48.5 Å². The van der Waals surface area contributed by atoms with E-state index in [-0.39, 0.29) is 42.7 Å². The topological polar surface area (TPSA) is 114 Å². The summed E-state index contributed by atoms with van der Waals surface area (Å²) in [6.07, 6.45) is 0.0720. The van der Waals surface area contributed by atoms with Gasteiger partial charge in [0.05, 0.1) is 5.92 Å². The number of amides is 2. The molecule has 2 aromatic rings. The van der Waals surface area contributed by atoms with E-state index in [1.807, 2.05) is 24.3 Å². The van der Waals surface area contributed by atoms with Gasteiger partial charge < -0.3 is 25.2 Å². The smallest absolute Gasteiger partial charge is 0.407 e. The van der Waals surface area contributed by atoms with Crippen LogP contribution in [0.3, 0.4) is 0 Å². The van der Waals surface area contributed by atoms with Gasteiger partial charge in [0, 0.05) is 31.5 Å². The van der Waals surface area contributed by atoms with Crippen LogP contribution in [0.2, 0.25) is 0 Å². The van der Waals surface area contributed by atoms with Crippen molar-refractivity contribution in [2.24, 2.45) is 17.8 Å². The molecule has 2 fully saturated rings. The third-order valence-electron chi connectivity index (χ3n) is 7.10. The second-order valence-electron chi connectivity index (χ2n) is 9.23. The molecule has 0 aromatic heterocycles. The molecule has 34 heavy (non-hydrogen) atoms. The number of aliphatic carboxylic acids is 1. The number of nitrogens with one attached hydrogen (secondary N) is 2. The van der Waals surface area contributed by atoms with Gasteiger partial charge in [0.1, 0.15) is 12.7 Å². The Morgan fingerprint density at radius 1 is 0.941 bits per heavy atom. The number of carboxylic acid groups (broad SMARTS) is 1. The average Bonchev–Trinajstić information content (AvgIpc) is 3.36. The number of hydrogen-bond donors (Lipinski definition) is 3. The van der Waals surface area contributed by atoms with Crippen LogP contribution in [0.5, 0.6) is 0 Å². The molecule has 1 saturated heterocycles. The van der Waals surface area contributed by atoms with Crippen molar-refractivity contribution in [1.82, 2.24) is 10.6 Å². The van der Waals surface area contributed by atoms with Gasteiger partial charge >= 0.3 is 12.1 Å². The van der Waals surface area contributed by atoms with Crippen LogP contribution in [0, 0.1) is 17.8 Å². The first kappa shape index (κ1) is 22.4. The third kappa shape index (κ3) is 4.50. The van der Waals surface area contributed by atoms with Crippen molar-refractivity contribution in [2.75, 3.05) is 26.3 Å². The fourth-order valence-electron chi connectivity index (χ4n) is 5.10. The molecule has 4 atom stereocenters. The summed E-state index contributed by atoms with van der Waals surface area (Å²) in [7, 11) is 0. The molecule has 2 aliphatic carbocycles. The fourth-order valence-corrected chi connectivity index (χ4v) is 5.10. The summed E-state index contributed by atoms with van der Waals surface area (Å²) in [6, 6.07) is 16.3. The number of ether oxygens (including phenoxy) is 2. The van der Waals surface area contributed by atoms with Gasteiger partial charge in [0.25, 0.3) is 0 Å². The van der Waals surface area contributed by atoms with E-state index in [2.05, 4.69) is 34.9 Å². The Morgan fingerprint density at radius 2 is 1.59 bits per heavy atom. The number of hydrogen-bond acceptors (Lipinski definition) is 5. The summed E-state index contributed by atoms with van der Waals surface area (Å²) in [4.78, 5) is 35.9. The number of alkyl carbamates (subject to hydrolysis) is 1. The Labute approximate surface area is 197 Å². The molecule has 178 valence electrons. The molecule has 3 aliphatic rings. The molecule has 2 amide bonds. The number of carboxylic acids is 1. The van der Waals surface area contributed by atoms with Gasteiger partial charge in [0.2, 0.25) is 5.91 Å². The molecular formula is C26H28N2O6. The Hall–Kier alpha value is -3.39. The van der Waals surface area contributed by atoms with E-state index in [1.165, 1.54) is 11.1 Å².